The molecular weight excluding hydrogens is 1020 g/mol. The van der Waals surface area contributed by atoms with E-state index >= 15 is 0 Å². The molecule has 0 radical (unpaired) electrons. The molecule has 4 heterocycles. The first-order chi connectivity index (χ1) is 36.8. The zero-order valence-corrected chi connectivity index (χ0v) is 43.7. The van der Waals surface area contributed by atoms with Crippen LogP contribution in [0.15, 0.2) is 55.0 Å². The van der Waals surface area contributed by atoms with Crippen LogP contribution in [0.1, 0.15) is 124 Å². The Morgan fingerprint density at radius 3 is 2.21 bits per heavy atom. The summed E-state index contributed by atoms with van der Waals surface area (Å²) in [5, 5.41) is 14.1. The average molecular weight is 1090 g/mol. The zero-order chi connectivity index (χ0) is 55.4. The van der Waals surface area contributed by atoms with Gasteiger partial charge in [0.1, 0.15) is 11.8 Å². The number of nitrogens with one attached hydrogen (secondary N) is 5. The maximum Gasteiger partial charge on any atom is 0.417 e. The van der Waals surface area contributed by atoms with Gasteiger partial charge in [-0.3, -0.25) is 38.7 Å². The molecule has 7 rings (SSSR count). The van der Waals surface area contributed by atoms with Crippen LogP contribution in [-0.2, 0) is 38.2 Å². The molecule has 2 aliphatic heterocycles. The fourth-order valence-electron chi connectivity index (χ4n) is 10.9. The van der Waals surface area contributed by atoms with Gasteiger partial charge in [0.05, 0.1) is 37.9 Å². The summed E-state index contributed by atoms with van der Waals surface area (Å²) >= 11 is 0. The van der Waals surface area contributed by atoms with Gasteiger partial charge in [-0.05, 0) is 101 Å². The number of ether oxygens (including phenoxy) is 4. The van der Waals surface area contributed by atoms with Gasteiger partial charge in [-0.15, -0.1) is 0 Å². The third kappa shape index (κ3) is 14.4. The normalized spacial score (nSPS) is 26.4. The molecule has 420 valence electrons. The standard InChI is InChI=1S/C54H69F5N8O10/c1-31-44(38-18-19-40(55)45(56)47(38)74-4)48(77-53(31,2)54(57,58)59)52(73)66-35-20-24-61-41(28-35)51(72)63-23-7-22-62-49(70)32-10-12-34(13-11-32)65-42(68)9-6-26-75-36-14-16-37(17-15-36)76-27-25-64-50(71)39-29-43(69)67(3)46(39)33-8-5-21-60-30-33/h5,8,18-21,24,28,30-32,34,36-37,39,44,46,48H,6-7,9-17,22-23,25-27,29H2,1-4H3,(H,62,70)(H,63,72)(H,64,71)(H,65,68)(H,61,66,73)/t31-,32?,34?,36?,37?,39-,44-,46+,48+,53+/m0/s1. The third-order valence-electron chi connectivity index (χ3n) is 15.5. The van der Waals surface area contributed by atoms with E-state index in [4.69, 9.17) is 18.9 Å². The van der Waals surface area contributed by atoms with Crippen molar-refractivity contribution in [2.75, 3.05) is 52.3 Å². The monoisotopic (exact) mass is 1080 g/mol. The van der Waals surface area contributed by atoms with Crippen LogP contribution in [-0.4, -0.2) is 133 Å². The van der Waals surface area contributed by atoms with Gasteiger partial charge in [0.25, 0.3) is 11.8 Å². The van der Waals surface area contributed by atoms with Gasteiger partial charge in [-0.1, -0.05) is 19.1 Å². The lowest BCUT2D eigenvalue weighted by Gasteiger charge is -2.32. The van der Waals surface area contributed by atoms with E-state index in [9.17, 15) is 50.7 Å². The predicted octanol–water partition coefficient (Wildman–Crippen LogP) is 6.21. The minimum atomic E-state index is -4.95. The average Bonchev–Trinajstić information content (AvgIpc) is 3.95. The number of anilines is 1. The predicted molar refractivity (Wildman–Crippen MR) is 269 cm³/mol. The minimum absolute atomic E-state index is 0.0108. The van der Waals surface area contributed by atoms with Gasteiger partial charge in [0, 0.05) is 99.8 Å². The van der Waals surface area contributed by atoms with Crippen molar-refractivity contribution in [1.29, 1.82) is 0 Å². The molecule has 23 heteroatoms. The van der Waals surface area contributed by atoms with Crippen LogP contribution in [0.4, 0.5) is 27.6 Å². The van der Waals surface area contributed by atoms with Gasteiger partial charge >= 0.3 is 6.18 Å². The molecular formula is C54H69F5N8O10. The first-order valence-corrected chi connectivity index (χ1v) is 26.3. The Morgan fingerprint density at radius 1 is 0.844 bits per heavy atom. The topological polar surface area (TPSA) is 229 Å². The van der Waals surface area contributed by atoms with Crippen LogP contribution in [0.5, 0.6) is 5.75 Å². The number of pyridine rings is 2. The summed E-state index contributed by atoms with van der Waals surface area (Å²) in [6.07, 6.45) is 5.28. The van der Waals surface area contributed by atoms with Gasteiger partial charge in [-0.25, -0.2) is 4.39 Å². The molecule has 4 aliphatic rings. The molecule has 4 fully saturated rings. The van der Waals surface area contributed by atoms with Gasteiger partial charge < -0.3 is 50.4 Å². The largest absolute Gasteiger partial charge is 0.493 e. The number of hydrogen-bond donors (Lipinski definition) is 5. The lowest BCUT2D eigenvalue weighted by Crippen LogP contribution is -2.47. The summed E-state index contributed by atoms with van der Waals surface area (Å²) < 4.78 is 94.6. The van der Waals surface area contributed by atoms with Crippen molar-refractivity contribution in [3.8, 4) is 5.75 Å². The number of carbonyl (C=O) groups is 6. The van der Waals surface area contributed by atoms with E-state index in [0.717, 1.165) is 57.4 Å². The molecule has 2 saturated carbocycles. The van der Waals surface area contributed by atoms with Crippen LogP contribution in [0.2, 0.25) is 0 Å². The highest BCUT2D eigenvalue weighted by Gasteiger charge is 2.66. The SMILES string of the molecule is COc1c([C@H]2[C@H](C(=O)Nc3ccnc(C(=O)NCCCNC(=O)C4CCC(NC(=O)CCCOC5CCC(OCCNC(=O)[C@H]6CC(=O)N(C)[C@@H]6c6cccnc6)CC5)CC4)c3)O[C@@](C)(C(F)(F)F)[C@H]2C)ccc(F)c1F. The molecule has 6 atom stereocenters. The first-order valence-electron chi connectivity index (χ1n) is 26.3. The Hall–Kier alpha value is -6.33. The molecule has 0 unspecified atom stereocenters. The zero-order valence-electron chi connectivity index (χ0n) is 43.7. The van der Waals surface area contributed by atoms with E-state index in [0.29, 0.717) is 64.7 Å². The van der Waals surface area contributed by atoms with Crippen LogP contribution >= 0.6 is 0 Å². The number of benzene rings is 1. The fraction of sp³-hybridized carbons (Fsp3) is 0.593. The minimum Gasteiger partial charge on any atom is -0.493 e. The Balaban J connectivity index is 0.727. The summed E-state index contributed by atoms with van der Waals surface area (Å²) in [7, 11) is 2.74. The van der Waals surface area contributed by atoms with E-state index in [1.807, 2.05) is 6.07 Å². The second kappa shape index (κ2) is 26.3. The van der Waals surface area contributed by atoms with Crippen molar-refractivity contribution in [3.63, 3.8) is 0 Å². The smallest absolute Gasteiger partial charge is 0.417 e. The number of hydrogen-bond acceptors (Lipinski definition) is 12. The van der Waals surface area contributed by atoms with Crippen molar-refractivity contribution in [2.24, 2.45) is 17.8 Å². The van der Waals surface area contributed by atoms with E-state index in [1.54, 1.807) is 30.4 Å². The molecule has 0 spiro atoms. The number of likely N-dealkylation sites (tertiary alicyclic amines) is 1. The molecule has 6 amide bonds. The molecule has 2 aromatic heterocycles. The highest BCUT2D eigenvalue weighted by molar-refractivity contribution is 5.98. The fourth-order valence-corrected chi connectivity index (χ4v) is 10.9. The Labute approximate surface area is 444 Å². The van der Waals surface area contributed by atoms with Crippen LogP contribution in [0.3, 0.4) is 0 Å². The molecule has 2 aliphatic carbocycles. The highest BCUT2D eigenvalue weighted by atomic mass is 19.4. The van der Waals surface area contributed by atoms with Crippen molar-refractivity contribution in [3.05, 3.63) is 83.4 Å². The molecule has 77 heavy (non-hydrogen) atoms. The number of alkyl halides is 3. The van der Waals surface area contributed by atoms with Gasteiger partial charge in [0.2, 0.25) is 29.4 Å². The lowest BCUT2D eigenvalue weighted by molar-refractivity contribution is -0.272. The Kier molecular flexibility index (Phi) is 20.0. The molecule has 5 N–H and O–H groups in total. The number of nitrogens with zero attached hydrogens (tertiary/aromatic N) is 3. The summed E-state index contributed by atoms with van der Waals surface area (Å²) in [6.45, 7) is 3.60. The van der Waals surface area contributed by atoms with Crippen molar-refractivity contribution in [1.82, 2.24) is 36.1 Å². The van der Waals surface area contributed by atoms with Gasteiger partial charge in [-0.2, -0.15) is 17.6 Å². The Bertz CT molecular complexity index is 2550. The van der Waals surface area contributed by atoms with Crippen molar-refractivity contribution in [2.45, 2.75) is 139 Å². The summed E-state index contributed by atoms with van der Waals surface area (Å²) in [6, 6.07) is 7.62. The number of amides is 6. The summed E-state index contributed by atoms with van der Waals surface area (Å²) in [5.74, 6) is -9.03. The van der Waals surface area contributed by atoms with Crippen molar-refractivity contribution >= 4 is 41.1 Å². The van der Waals surface area contributed by atoms with Crippen LogP contribution in [0.25, 0.3) is 0 Å². The van der Waals surface area contributed by atoms with E-state index in [2.05, 4.69) is 36.6 Å². The molecule has 1 aromatic carbocycles. The molecule has 3 aromatic rings. The summed E-state index contributed by atoms with van der Waals surface area (Å²) in [5.41, 5.74) is -2.32. The lowest BCUT2D eigenvalue weighted by atomic mass is 9.77. The second-order valence-electron chi connectivity index (χ2n) is 20.5. The first kappa shape index (κ1) is 58.4. The van der Waals surface area contributed by atoms with E-state index in [1.165, 1.54) is 25.3 Å². The molecule has 0 bridgehead atoms. The molecule has 2 saturated heterocycles. The Morgan fingerprint density at radius 2 is 1.53 bits per heavy atom. The number of halogens is 5. The summed E-state index contributed by atoms with van der Waals surface area (Å²) in [4.78, 5) is 87.6. The highest BCUT2D eigenvalue weighted by Crippen LogP contribution is 2.55. The molecule has 18 nitrogen and oxygen atoms in total. The quantitative estimate of drug-likeness (QED) is 0.0559. The number of methoxy groups -OCH3 is 1. The second-order valence-corrected chi connectivity index (χ2v) is 20.5. The van der Waals surface area contributed by atoms with E-state index in [-0.39, 0.29) is 90.3 Å². The number of rotatable bonds is 22. The van der Waals surface area contributed by atoms with Crippen LogP contribution < -0.4 is 31.3 Å². The van der Waals surface area contributed by atoms with Crippen molar-refractivity contribution < 1.29 is 69.7 Å². The maximum absolute atomic E-state index is 14.8. The number of aromatic nitrogens is 2. The third-order valence-corrected chi connectivity index (χ3v) is 15.5. The van der Waals surface area contributed by atoms with Crippen LogP contribution in [0, 0.1) is 29.4 Å². The van der Waals surface area contributed by atoms with E-state index < -0.39 is 64.8 Å². The maximum atomic E-state index is 14.8. The van der Waals surface area contributed by atoms with Gasteiger partial charge in [0.15, 0.2) is 17.2 Å². The number of carbonyl (C=O) groups excluding carboxylic acids is 6.